The Bertz CT molecular complexity index is 700. The normalized spacial score (nSPS) is 19.7. The van der Waals surface area contributed by atoms with Crippen molar-refractivity contribution in [3.8, 4) is 16.9 Å². The van der Waals surface area contributed by atoms with Crippen molar-refractivity contribution >= 4 is 11.7 Å². The number of nitrogen functional groups attached to an aromatic ring is 1. The van der Waals surface area contributed by atoms with Gasteiger partial charge in [-0.15, -0.1) is 0 Å². The molecule has 21 heavy (non-hydrogen) atoms. The van der Waals surface area contributed by atoms with Gasteiger partial charge in [0.1, 0.15) is 5.75 Å². The summed E-state index contributed by atoms with van der Waals surface area (Å²) in [5, 5.41) is 0. The zero-order valence-corrected chi connectivity index (χ0v) is 11.9. The minimum absolute atomic E-state index is 0.0598. The molecular formula is C16H16N2O3. The highest BCUT2D eigenvalue weighted by molar-refractivity contribution is 5.80. The summed E-state index contributed by atoms with van der Waals surface area (Å²) in [7, 11) is 1.37. The molecule has 1 aliphatic heterocycles. The number of pyridine rings is 1. The van der Waals surface area contributed by atoms with E-state index in [1.165, 1.54) is 7.11 Å². The van der Waals surface area contributed by atoms with Gasteiger partial charge in [0.25, 0.3) is 0 Å². The second-order valence-corrected chi connectivity index (χ2v) is 5.07. The van der Waals surface area contributed by atoms with E-state index in [9.17, 15) is 4.79 Å². The number of hydrogen-bond acceptors (Lipinski definition) is 5. The molecule has 2 aromatic rings. The summed E-state index contributed by atoms with van der Waals surface area (Å²) in [6.07, 6.45) is 2.74. The van der Waals surface area contributed by atoms with E-state index in [1.54, 1.807) is 12.4 Å². The Kier molecular flexibility index (Phi) is 3.25. The fourth-order valence-corrected chi connectivity index (χ4v) is 2.62. The molecule has 0 aliphatic carbocycles. The van der Waals surface area contributed by atoms with E-state index in [0.717, 1.165) is 16.7 Å². The number of ether oxygens (including phenoxy) is 2. The zero-order valence-electron chi connectivity index (χ0n) is 11.9. The number of carbonyl (C=O) groups excluding carboxylic acids is 1. The molecule has 1 aromatic heterocycles. The van der Waals surface area contributed by atoms with E-state index in [4.69, 9.17) is 15.2 Å². The highest BCUT2D eigenvalue weighted by atomic mass is 16.6. The smallest absolute Gasteiger partial charge is 0.347 e. The van der Waals surface area contributed by atoms with Crippen LogP contribution in [-0.2, 0) is 9.53 Å². The molecule has 0 amide bonds. The van der Waals surface area contributed by atoms with E-state index < -0.39 is 6.10 Å². The lowest BCUT2D eigenvalue weighted by molar-refractivity contribution is -0.148. The molecule has 5 heteroatoms. The predicted molar refractivity (Wildman–Crippen MR) is 78.9 cm³/mol. The number of methoxy groups -OCH3 is 1. The van der Waals surface area contributed by atoms with E-state index in [1.807, 2.05) is 31.2 Å². The van der Waals surface area contributed by atoms with Crippen LogP contribution < -0.4 is 10.5 Å². The third kappa shape index (κ3) is 2.20. The number of nitrogens with zero attached hydrogens (tertiary/aromatic N) is 1. The number of anilines is 1. The lowest BCUT2D eigenvalue weighted by Gasteiger charge is -2.12. The number of esters is 1. The molecule has 2 heterocycles. The zero-order chi connectivity index (χ0) is 15.0. The lowest BCUT2D eigenvalue weighted by Crippen LogP contribution is -2.28. The first-order valence-corrected chi connectivity index (χ1v) is 6.70. The third-order valence-corrected chi connectivity index (χ3v) is 3.80. The Morgan fingerprint density at radius 1 is 1.38 bits per heavy atom. The Morgan fingerprint density at radius 2 is 2.19 bits per heavy atom. The first-order chi connectivity index (χ1) is 10.1. The number of hydrogen-bond donors (Lipinski definition) is 1. The largest absolute Gasteiger partial charge is 0.478 e. The van der Waals surface area contributed by atoms with Gasteiger partial charge in [0, 0.05) is 23.2 Å². The van der Waals surface area contributed by atoms with Gasteiger partial charge in [0.15, 0.2) is 0 Å². The quantitative estimate of drug-likeness (QED) is 0.857. The van der Waals surface area contributed by atoms with Crippen LogP contribution in [0.4, 0.5) is 5.69 Å². The van der Waals surface area contributed by atoms with Crippen LogP contribution in [-0.4, -0.2) is 24.2 Å². The molecule has 1 aliphatic rings. The standard InChI is InChI=1S/C16H16N2O3/c1-9-12-7-10(11-5-6-18-8-13(11)17)3-4-14(12)21-15(9)16(19)20-2/h3-9,15H,17H2,1-2H3/t9-,15+/m0/s1. The van der Waals surface area contributed by atoms with Gasteiger partial charge >= 0.3 is 5.97 Å². The highest BCUT2D eigenvalue weighted by Crippen LogP contribution is 2.41. The van der Waals surface area contributed by atoms with Crippen molar-refractivity contribution in [3.63, 3.8) is 0 Å². The number of rotatable bonds is 2. The van der Waals surface area contributed by atoms with Gasteiger partial charge in [0.2, 0.25) is 6.10 Å². The summed E-state index contributed by atoms with van der Waals surface area (Å²) in [6, 6.07) is 7.67. The van der Waals surface area contributed by atoms with Gasteiger partial charge in [-0.05, 0) is 23.8 Å². The molecule has 3 rings (SSSR count). The van der Waals surface area contributed by atoms with Gasteiger partial charge in [0.05, 0.1) is 19.0 Å². The second kappa shape index (κ2) is 5.09. The van der Waals surface area contributed by atoms with Crippen LogP contribution in [0.3, 0.4) is 0 Å². The molecule has 0 spiro atoms. The van der Waals surface area contributed by atoms with E-state index >= 15 is 0 Å². The van der Waals surface area contributed by atoms with E-state index in [2.05, 4.69) is 4.98 Å². The molecule has 0 saturated heterocycles. The molecular weight excluding hydrogens is 268 g/mol. The van der Waals surface area contributed by atoms with E-state index in [-0.39, 0.29) is 11.9 Å². The van der Waals surface area contributed by atoms with Crippen molar-refractivity contribution in [1.82, 2.24) is 4.98 Å². The molecule has 108 valence electrons. The highest BCUT2D eigenvalue weighted by Gasteiger charge is 2.37. The number of fused-ring (bicyclic) bond motifs is 1. The summed E-state index contributed by atoms with van der Waals surface area (Å²) >= 11 is 0. The number of benzene rings is 1. The van der Waals surface area contributed by atoms with Crippen molar-refractivity contribution in [2.45, 2.75) is 18.9 Å². The number of nitrogens with two attached hydrogens (primary N) is 1. The molecule has 5 nitrogen and oxygen atoms in total. The van der Waals surface area contributed by atoms with E-state index in [0.29, 0.717) is 11.4 Å². The summed E-state index contributed by atoms with van der Waals surface area (Å²) in [5.74, 6) is 0.299. The average molecular weight is 284 g/mol. The maximum Gasteiger partial charge on any atom is 0.347 e. The third-order valence-electron chi connectivity index (χ3n) is 3.80. The summed E-state index contributed by atoms with van der Waals surface area (Å²) in [5.41, 5.74) is 9.47. The van der Waals surface area contributed by atoms with Crippen LogP contribution in [0, 0.1) is 0 Å². The Labute approximate surface area is 122 Å². The molecule has 0 unspecified atom stereocenters. The maximum atomic E-state index is 11.7. The molecule has 2 atom stereocenters. The average Bonchev–Trinajstić information content (AvgIpc) is 2.84. The minimum Gasteiger partial charge on any atom is -0.478 e. The van der Waals surface area contributed by atoms with Gasteiger partial charge < -0.3 is 15.2 Å². The molecule has 0 bridgehead atoms. The fourth-order valence-electron chi connectivity index (χ4n) is 2.62. The van der Waals surface area contributed by atoms with Crippen LogP contribution in [0.2, 0.25) is 0 Å². The lowest BCUT2D eigenvalue weighted by atomic mass is 9.94. The second-order valence-electron chi connectivity index (χ2n) is 5.07. The number of carbonyl (C=O) groups is 1. The predicted octanol–water partition coefficient (Wildman–Crippen LogP) is 2.37. The molecule has 0 radical (unpaired) electrons. The topological polar surface area (TPSA) is 74.4 Å². The minimum atomic E-state index is -0.588. The summed E-state index contributed by atoms with van der Waals surface area (Å²) in [4.78, 5) is 15.7. The van der Waals surface area contributed by atoms with Crippen molar-refractivity contribution < 1.29 is 14.3 Å². The maximum absolute atomic E-state index is 11.7. The summed E-state index contributed by atoms with van der Waals surface area (Å²) < 4.78 is 10.5. The Balaban J connectivity index is 2.00. The van der Waals surface area contributed by atoms with Crippen LogP contribution >= 0.6 is 0 Å². The van der Waals surface area contributed by atoms with Crippen LogP contribution in [0.5, 0.6) is 5.75 Å². The van der Waals surface area contributed by atoms with Crippen LogP contribution in [0.15, 0.2) is 36.7 Å². The molecule has 0 saturated carbocycles. The first kappa shape index (κ1) is 13.4. The van der Waals surface area contributed by atoms with Crippen molar-refractivity contribution in [2.75, 3.05) is 12.8 Å². The fraction of sp³-hybridized carbons (Fsp3) is 0.250. The SMILES string of the molecule is COC(=O)[C@@H]1Oc2ccc(-c3ccncc3N)cc2[C@@H]1C. The van der Waals surface area contributed by atoms with Gasteiger partial charge in [-0.1, -0.05) is 13.0 Å². The summed E-state index contributed by atoms with van der Waals surface area (Å²) in [6.45, 7) is 1.95. The Morgan fingerprint density at radius 3 is 2.90 bits per heavy atom. The van der Waals surface area contributed by atoms with Gasteiger partial charge in [-0.2, -0.15) is 0 Å². The van der Waals surface area contributed by atoms with Crippen molar-refractivity contribution in [1.29, 1.82) is 0 Å². The molecule has 1 aromatic carbocycles. The monoisotopic (exact) mass is 284 g/mol. The van der Waals surface area contributed by atoms with Gasteiger partial charge in [-0.3, -0.25) is 4.98 Å². The van der Waals surface area contributed by atoms with Crippen LogP contribution in [0.25, 0.3) is 11.1 Å². The van der Waals surface area contributed by atoms with Gasteiger partial charge in [-0.25, -0.2) is 4.79 Å². The number of aromatic nitrogens is 1. The molecule has 2 N–H and O–H groups in total. The van der Waals surface area contributed by atoms with Crippen LogP contribution in [0.1, 0.15) is 18.4 Å². The van der Waals surface area contributed by atoms with Crippen molar-refractivity contribution in [2.24, 2.45) is 0 Å². The molecule has 0 fully saturated rings. The Hall–Kier alpha value is -2.56. The first-order valence-electron chi connectivity index (χ1n) is 6.70. The van der Waals surface area contributed by atoms with Crippen molar-refractivity contribution in [3.05, 3.63) is 42.2 Å².